The molecule has 0 aliphatic heterocycles. The van der Waals surface area contributed by atoms with Gasteiger partial charge in [-0.15, -0.1) is 0 Å². The maximum absolute atomic E-state index is 12.3. The van der Waals surface area contributed by atoms with Crippen LogP contribution in [0.1, 0.15) is 18.6 Å². The predicted molar refractivity (Wildman–Crippen MR) is 109 cm³/mol. The van der Waals surface area contributed by atoms with Crippen molar-refractivity contribution in [3.63, 3.8) is 0 Å². The topological polar surface area (TPSA) is 84.9 Å². The van der Waals surface area contributed by atoms with Gasteiger partial charge in [0.2, 0.25) is 0 Å². The van der Waals surface area contributed by atoms with Crippen LogP contribution in [0.3, 0.4) is 0 Å². The molecule has 2 N–H and O–H groups in total. The summed E-state index contributed by atoms with van der Waals surface area (Å²) in [6.45, 7) is 1.44. The summed E-state index contributed by atoms with van der Waals surface area (Å²) in [5.41, 5.74) is 0.932. The Bertz CT molecular complexity index is 942. The van der Waals surface area contributed by atoms with Crippen LogP contribution in [-0.2, 0) is 14.3 Å². The fraction of sp³-hybridized carbons (Fsp3) is 0.130. The van der Waals surface area contributed by atoms with Crippen molar-refractivity contribution in [1.29, 1.82) is 0 Å². The van der Waals surface area contributed by atoms with E-state index in [0.29, 0.717) is 22.7 Å². The van der Waals surface area contributed by atoms with Gasteiger partial charge < -0.3 is 19.9 Å². The quantitative estimate of drug-likeness (QED) is 0.593. The zero-order valence-electron chi connectivity index (χ0n) is 15.8. The zero-order valence-corrected chi connectivity index (χ0v) is 15.8. The van der Waals surface area contributed by atoms with Crippen LogP contribution >= 0.6 is 0 Å². The fourth-order valence-corrected chi connectivity index (χ4v) is 2.54. The first-order chi connectivity index (χ1) is 14.0. The number of aliphatic hydroxyl groups is 1. The molecule has 148 valence electrons. The van der Waals surface area contributed by atoms with Gasteiger partial charge in [-0.05, 0) is 48.9 Å². The summed E-state index contributed by atoms with van der Waals surface area (Å²) in [5, 5.41) is 12.7. The Morgan fingerprint density at radius 1 is 0.828 bits per heavy atom. The Morgan fingerprint density at radius 2 is 1.38 bits per heavy atom. The number of esters is 1. The maximum Gasteiger partial charge on any atom is 0.340 e. The highest BCUT2D eigenvalue weighted by Crippen LogP contribution is 2.23. The van der Waals surface area contributed by atoms with E-state index in [9.17, 15) is 14.7 Å². The fourth-order valence-electron chi connectivity index (χ4n) is 2.54. The third kappa shape index (κ3) is 5.67. The molecular formula is C23H21NO5. The molecule has 6 nitrogen and oxygen atoms in total. The molecule has 0 aliphatic rings. The molecule has 2 atom stereocenters. The molecule has 3 rings (SSSR count). The monoisotopic (exact) mass is 391 g/mol. The molecule has 0 unspecified atom stereocenters. The van der Waals surface area contributed by atoms with Gasteiger partial charge >= 0.3 is 5.97 Å². The van der Waals surface area contributed by atoms with Gasteiger partial charge in [0.15, 0.2) is 12.2 Å². The summed E-state index contributed by atoms with van der Waals surface area (Å²) >= 11 is 0. The highest BCUT2D eigenvalue weighted by atomic mass is 16.6. The van der Waals surface area contributed by atoms with Gasteiger partial charge in [0.05, 0.1) is 0 Å². The van der Waals surface area contributed by atoms with Crippen LogP contribution in [-0.4, -0.2) is 23.1 Å². The Kier molecular flexibility index (Phi) is 6.60. The van der Waals surface area contributed by atoms with Gasteiger partial charge in [0.1, 0.15) is 11.5 Å². The number of hydrogen-bond acceptors (Lipinski definition) is 5. The van der Waals surface area contributed by atoms with E-state index in [1.807, 2.05) is 30.3 Å². The van der Waals surface area contributed by atoms with Gasteiger partial charge in [0.25, 0.3) is 5.91 Å². The number of carbonyl (C=O) groups is 2. The first kappa shape index (κ1) is 20.1. The van der Waals surface area contributed by atoms with E-state index in [1.54, 1.807) is 54.6 Å². The molecule has 6 heteroatoms. The SMILES string of the molecule is C[C@@H](OC(=O)[C@H](O)c1ccccc1)C(=O)Nc1ccc(Oc2ccccc2)cc1. The lowest BCUT2D eigenvalue weighted by Crippen LogP contribution is -2.31. The van der Waals surface area contributed by atoms with E-state index in [0.717, 1.165) is 0 Å². The lowest BCUT2D eigenvalue weighted by atomic mass is 10.1. The highest BCUT2D eigenvalue weighted by molar-refractivity contribution is 5.95. The van der Waals surface area contributed by atoms with E-state index in [4.69, 9.17) is 9.47 Å². The number of hydrogen-bond donors (Lipinski definition) is 2. The molecule has 0 spiro atoms. The second-order valence-electron chi connectivity index (χ2n) is 6.32. The Balaban J connectivity index is 1.53. The molecule has 0 fully saturated rings. The first-order valence-corrected chi connectivity index (χ1v) is 9.10. The second-order valence-corrected chi connectivity index (χ2v) is 6.32. The summed E-state index contributed by atoms with van der Waals surface area (Å²) in [7, 11) is 0. The van der Waals surface area contributed by atoms with Crippen molar-refractivity contribution in [2.45, 2.75) is 19.1 Å². The lowest BCUT2D eigenvalue weighted by molar-refractivity contribution is -0.162. The van der Waals surface area contributed by atoms with Crippen molar-refractivity contribution in [3.8, 4) is 11.5 Å². The van der Waals surface area contributed by atoms with Crippen LogP contribution in [0.15, 0.2) is 84.9 Å². The van der Waals surface area contributed by atoms with Gasteiger partial charge in [-0.2, -0.15) is 0 Å². The van der Waals surface area contributed by atoms with Crippen LogP contribution in [0, 0.1) is 0 Å². The maximum atomic E-state index is 12.3. The van der Waals surface area contributed by atoms with Crippen molar-refractivity contribution < 1.29 is 24.2 Å². The Labute approximate surface area is 168 Å². The number of aliphatic hydroxyl groups excluding tert-OH is 1. The van der Waals surface area contributed by atoms with E-state index >= 15 is 0 Å². The molecular weight excluding hydrogens is 370 g/mol. The summed E-state index contributed by atoms with van der Waals surface area (Å²) in [6, 6.07) is 24.5. The largest absolute Gasteiger partial charge is 0.457 e. The third-order valence-electron chi connectivity index (χ3n) is 4.10. The highest BCUT2D eigenvalue weighted by Gasteiger charge is 2.24. The van der Waals surface area contributed by atoms with E-state index < -0.39 is 24.1 Å². The average molecular weight is 391 g/mol. The molecule has 1 amide bonds. The minimum atomic E-state index is -1.44. The number of rotatable bonds is 7. The molecule has 0 bridgehead atoms. The molecule has 0 heterocycles. The van der Waals surface area contributed by atoms with Crippen molar-refractivity contribution in [3.05, 3.63) is 90.5 Å². The van der Waals surface area contributed by atoms with Gasteiger partial charge in [-0.1, -0.05) is 48.5 Å². The smallest absolute Gasteiger partial charge is 0.340 e. The van der Waals surface area contributed by atoms with Crippen LogP contribution in [0.5, 0.6) is 11.5 Å². The molecule has 29 heavy (non-hydrogen) atoms. The summed E-state index contributed by atoms with van der Waals surface area (Å²) in [5.74, 6) is -0.0535. The predicted octanol–water partition coefficient (Wildman–Crippen LogP) is 4.08. The van der Waals surface area contributed by atoms with Crippen LogP contribution < -0.4 is 10.1 Å². The molecule has 3 aromatic carbocycles. The molecule has 0 aromatic heterocycles. The third-order valence-corrected chi connectivity index (χ3v) is 4.10. The van der Waals surface area contributed by atoms with Gasteiger partial charge in [-0.3, -0.25) is 4.79 Å². The first-order valence-electron chi connectivity index (χ1n) is 9.10. The van der Waals surface area contributed by atoms with Crippen molar-refractivity contribution in [2.75, 3.05) is 5.32 Å². The summed E-state index contributed by atoms with van der Waals surface area (Å²) < 4.78 is 10.8. The number of anilines is 1. The summed E-state index contributed by atoms with van der Waals surface area (Å²) in [4.78, 5) is 24.3. The van der Waals surface area contributed by atoms with Crippen LogP contribution in [0.25, 0.3) is 0 Å². The Morgan fingerprint density at radius 3 is 2.00 bits per heavy atom. The lowest BCUT2D eigenvalue weighted by Gasteiger charge is -2.16. The normalized spacial score (nSPS) is 12.5. The number of benzene rings is 3. The molecule has 0 saturated carbocycles. The molecule has 0 saturated heterocycles. The average Bonchev–Trinajstić information content (AvgIpc) is 2.75. The van der Waals surface area contributed by atoms with E-state index in [2.05, 4.69) is 5.32 Å². The molecule has 3 aromatic rings. The molecule has 0 aliphatic carbocycles. The van der Waals surface area contributed by atoms with Crippen LogP contribution in [0.4, 0.5) is 5.69 Å². The minimum absolute atomic E-state index is 0.402. The van der Waals surface area contributed by atoms with E-state index in [1.165, 1.54) is 6.92 Å². The summed E-state index contributed by atoms with van der Waals surface area (Å²) in [6.07, 6.45) is -2.51. The molecule has 0 radical (unpaired) electrons. The minimum Gasteiger partial charge on any atom is -0.457 e. The number of para-hydroxylation sites is 1. The van der Waals surface area contributed by atoms with E-state index in [-0.39, 0.29) is 0 Å². The number of carbonyl (C=O) groups excluding carboxylic acids is 2. The second kappa shape index (κ2) is 9.52. The Hall–Kier alpha value is -3.64. The zero-order chi connectivity index (χ0) is 20.6. The van der Waals surface area contributed by atoms with Crippen molar-refractivity contribution in [1.82, 2.24) is 0 Å². The van der Waals surface area contributed by atoms with Crippen molar-refractivity contribution >= 4 is 17.6 Å². The van der Waals surface area contributed by atoms with Crippen molar-refractivity contribution in [2.24, 2.45) is 0 Å². The van der Waals surface area contributed by atoms with Crippen LogP contribution in [0.2, 0.25) is 0 Å². The van der Waals surface area contributed by atoms with Gasteiger partial charge in [0, 0.05) is 5.69 Å². The number of nitrogens with one attached hydrogen (secondary N) is 1. The number of amides is 1. The van der Waals surface area contributed by atoms with Gasteiger partial charge in [-0.25, -0.2) is 4.79 Å². The standard InChI is InChI=1S/C23H21NO5/c1-16(28-23(27)21(25)17-8-4-2-5-9-17)22(26)24-18-12-14-20(15-13-18)29-19-10-6-3-7-11-19/h2-16,21,25H,1H3,(H,24,26)/t16-,21-/m1/s1. The number of ether oxygens (including phenoxy) is 2.